The number of aromatic carboxylic acids is 1. The summed E-state index contributed by atoms with van der Waals surface area (Å²) < 4.78 is 7.84. The molecule has 0 unspecified atom stereocenters. The Morgan fingerprint density at radius 1 is 0.970 bits per heavy atom. The Balaban J connectivity index is 1.55. The molecule has 0 aliphatic rings. The number of carbonyl (C=O) groups is 1. The van der Waals surface area contributed by atoms with Crippen LogP contribution in [0, 0.1) is 0 Å². The van der Waals surface area contributed by atoms with Gasteiger partial charge in [0.15, 0.2) is 5.15 Å². The molecule has 0 fully saturated rings. The summed E-state index contributed by atoms with van der Waals surface area (Å²) in [5.74, 6) is 0.372. The highest BCUT2D eigenvalue weighted by atomic mass is 35.5. The van der Waals surface area contributed by atoms with E-state index in [1.54, 1.807) is 36.7 Å². The van der Waals surface area contributed by atoms with Gasteiger partial charge in [0.2, 0.25) is 0 Å². The molecule has 2 heterocycles. The lowest BCUT2D eigenvalue weighted by Gasteiger charge is -2.08. The van der Waals surface area contributed by atoms with E-state index in [-0.39, 0.29) is 5.56 Å². The minimum Gasteiger partial charge on any atom is -0.489 e. The molecule has 3 aromatic carbocycles. The van der Waals surface area contributed by atoms with Gasteiger partial charge < -0.3 is 9.84 Å². The number of ether oxygens (including phenoxy) is 1. The largest absolute Gasteiger partial charge is 0.489 e. The van der Waals surface area contributed by atoms with Crippen LogP contribution in [0.4, 0.5) is 0 Å². The second-order valence-electron chi connectivity index (χ2n) is 7.41. The zero-order chi connectivity index (χ0) is 22.8. The van der Waals surface area contributed by atoms with Crippen molar-refractivity contribution >= 4 is 23.1 Å². The SMILES string of the molecule is O=C(O)c1ccc(-c2nc(-c3cccc(OCc4ccccc4)c3)c3c(Cl)nccn23)cc1. The first-order valence-electron chi connectivity index (χ1n) is 10.2. The molecule has 33 heavy (non-hydrogen) atoms. The lowest BCUT2D eigenvalue weighted by molar-refractivity contribution is 0.0697. The molecule has 0 amide bonds. The van der Waals surface area contributed by atoms with Crippen LogP contribution in [0.25, 0.3) is 28.2 Å². The van der Waals surface area contributed by atoms with Crippen molar-refractivity contribution in [2.45, 2.75) is 6.61 Å². The van der Waals surface area contributed by atoms with Gasteiger partial charge in [-0.3, -0.25) is 4.40 Å². The maximum atomic E-state index is 11.2. The molecule has 0 spiro atoms. The molecule has 6 nitrogen and oxygen atoms in total. The average Bonchev–Trinajstić information content (AvgIpc) is 3.25. The van der Waals surface area contributed by atoms with Crippen LogP contribution in [0.15, 0.2) is 91.3 Å². The van der Waals surface area contributed by atoms with Gasteiger partial charge in [-0.2, -0.15) is 0 Å². The van der Waals surface area contributed by atoms with E-state index < -0.39 is 5.97 Å². The number of rotatable bonds is 6. The van der Waals surface area contributed by atoms with Crippen molar-refractivity contribution in [2.75, 3.05) is 0 Å². The Morgan fingerprint density at radius 3 is 2.52 bits per heavy atom. The standard InChI is InChI=1S/C26H18ClN3O3/c27-24-23-22(20-7-4-8-21(15-20)33-16-17-5-2-1-3-6-17)29-25(30(23)14-13-28-24)18-9-11-19(12-10-18)26(31)32/h1-15H,16H2,(H,31,32). The molecule has 0 bridgehead atoms. The van der Waals surface area contributed by atoms with E-state index in [0.29, 0.717) is 34.5 Å². The molecule has 0 aliphatic heterocycles. The van der Waals surface area contributed by atoms with Crippen molar-refractivity contribution in [3.05, 3.63) is 108 Å². The number of aromatic nitrogens is 3. The number of imidazole rings is 1. The van der Waals surface area contributed by atoms with Crippen molar-refractivity contribution in [1.29, 1.82) is 0 Å². The molecule has 0 radical (unpaired) electrons. The van der Waals surface area contributed by atoms with Crippen LogP contribution in [0.1, 0.15) is 15.9 Å². The van der Waals surface area contributed by atoms with Gasteiger partial charge in [-0.05, 0) is 29.8 Å². The van der Waals surface area contributed by atoms with Crippen LogP contribution in [-0.4, -0.2) is 25.4 Å². The molecular weight excluding hydrogens is 438 g/mol. The molecule has 0 saturated carbocycles. The quantitative estimate of drug-likeness (QED) is 0.340. The maximum absolute atomic E-state index is 11.2. The smallest absolute Gasteiger partial charge is 0.335 e. The van der Waals surface area contributed by atoms with Gasteiger partial charge in [0.1, 0.15) is 29.4 Å². The van der Waals surface area contributed by atoms with E-state index in [9.17, 15) is 9.90 Å². The van der Waals surface area contributed by atoms with E-state index in [0.717, 1.165) is 16.7 Å². The number of carboxylic acid groups (broad SMARTS) is 1. The number of fused-ring (bicyclic) bond motifs is 1. The summed E-state index contributed by atoms with van der Waals surface area (Å²) in [4.78, 5) is 20.3. The van der Waals surface area contributed by atoms with E-state index in [1.165, 1.54) is 0 Å². The molecule has 5 aromatic rings. The Hall–Kier alpha value is -4.16. The van der Waals surface area contributed by atoms with Crippen LogP contribution >= 0.6 is 11.6 Å². The number of hydrogen-bond donors (Lipinski definition) is 1. The fraction of sp³-hybridized carbons (Fsp3) is 0.0385. The Bertz CT molecular complexity index is 1450. The molecule has 2 aromatic heterocycles. The number of halogens is 1. The monoisotopic (exact) mass is 455 g/mol. The van der Waals surface area contributed by atoms with E-state index in [1.807, 2.05) is 59.0 Å². The summed E-state index contributed by atoms with van der Waals surface area (Å²) in [6, 6.07) is 24.2. The third-order valence-electron chi connectivity index (χ3n) is 5.26. The summed E-state index contributed by atoms with van der Waals surface area (Å²) in [6.07, 6.45) is 3.39. The first-order valence-corrected chi connectivity index (χ1v) is 10.6. The van der Waals surface area contributed by atoms with Gasteiger partial charge >= 0.3 is 5.97 Å². The van der Waals surface area contributed by atoms with E-state index in [4.69, 9.17) is 21.3 Å². The summed E-state index contributed by atoms with van der Waals surface area (Å²) in [5, 5.41) is 9.51. The second kappa shape index (κ2) is 8.76. The summed E-state index contributed by atoms with van der Waals surface area (Å²) in [6.45, 7) is 0.456. The van der Waals surface area contributed by atoms with Crippen molar-refractivity contribution in [2.24, 2.45) is 0 Å². The van der Waals surface area contributed by atoms with Gasteiger partial charge in [-0.15, -0.1) is 0 Å². The average molecular weight is 456 g/mol. The fourth-order valence-electron chi connectivity index (χ4n) is 3.64. The molecule has 0 aliphatic carbocycles. The van der Waals surface area contributed by atoms with E-state index >= 15 is 0 Å². The predicted octanol–water partition coefficient (Wildman–Crippen LogP) is 5.99. The summed E-state index contributed by atoms with van der Waals surface area (Å²) >= 11 is 6.48. The Morgan fingerprint density at radius 2 is 1.76 bits per heavy atom. The first-order chi connectivity index (χ1) is 16.1. The van der Waals surface area contributed by atoms with Crippen LogP contribution in [0.5, 0.6) is 5.75 Å². The second-order valence-corrected chi connectivity index (χ2v) is 7.76. The van der Waals surface area contributed by atoms with Gasteiger partial charge in [0, 0.05) is 23.5 Å². The van der Waals surface area contributed by atoms with Gasteiger partial charge in [-0.25, -0.2) is 14.8 Å². The minimum atomic E-state index is -0.977. The number of nitrogens with zero attached hydrogens (tertiary/aromatic N) is 3. The van der Waals surface area contributed by atoms with Crippen LogP contribution < -0.4 is 4.74 Å². The van der Waals surface area contributed by atoms with Crippen LogP contribution in [0.2, 0.25) is 5.15 Å². The first kappa shape index (κ1) is 20.7. The topological polar surface area (TPSA) is 76.7 Å². The summed E-state index contributed by atoms with van der Waals surface area (Å²) in [7, 11) is 0. The van der Waals surface area contributed by atoms with Crippen molar-refractivity contribution in [3.63, 3.8) is 0 Å². The molecule has 0 saturated heterocycles. The van der Waals surface area contributed by atoms with Crippen molar-refractivity contribution < 1.29 is 14.6 Å². The van der Waals surface area contributed by atoms with Crippen LogP contribution in [0.3, 0.4) is 0 Å². The molecule has 7 heteroatoms. The zero-order valence-corrected chi connectivity index (χ0v) is 18.1. The number of hydrogen-bond acceptors (Lipinski definition) is 4. The van der Waals surface area contributed by atoms with Crippen molar-refractivity contribution in [1.82, 2.24) is 14.4 Å². The number of benzene rings is 3. The Kier molecular flexibility index (Phi) is 5.50. The van der Waals surface area contributed by atoms with Gasteiger partial charge in [0.25, 0.3) is 0 Å². The lowest BCUT2D eigenvalue weighted by atomic mass is 10.1. The molecule has 0 atom stereocenters. The number of carboxylic acids is 1. The molecule has 5 rings (SSSR count). The third-order valence-corrected chi connectivity index (χ3v) is 5.53. The minimum absolute atomic E-state index is 0.211. The van der Waals surface area contributed by atoms with Gasteiger partial charge in [-0.1, -0.05) is 66.2 Å². The molecule has 1 N–H and O–H groups in total. The summed E-state index contributed by atoms with van der Waals surface area (Å²) in [5.41, 5.74) is 4.21. The highest BCUT2D eigenvalue weighted by Gasteiger charge is 2.18. The van der Waals surface area contributed by atoms with E-state index in [2.05, 4.69) is 4.98 Å². The maximum Gasteiger partial charge on any atom is 0.335 e. The highest BCUT2D eigenvalue weighted by molar-refractivity contribution is 6.33. The zero-order valence-electron chi connectivity index (χ0n) is 17.4. The fourth-order valence-corrected chi connectivity index (χ4v) is 3.88. The normalized spacial score (nSPS) is 10.9. The highest BCUT2D eigenvalue weighted by Crippen LogP contribution is 2.34. The molecular formula is C26H18ClN3O3. The van der Waals surface area contributed by atoms with Crippen LogP contribution in [-0.2, 0) is 6.61 Å². The van der Waals surface area contributed by atoms with Crippen molar-refractivity contribution in [3.8, 4) is 28.4 Å². The predicted molar refractivity (Wildman–Crippen MR) is 127 cm³/mol. The molecule has 162 valence electrons. The third kappa shape index (κ3) is 4.16. The Labute approximate surface area is 194 Å². The van der Waals surface area contributed by atoms with Gasteiger partial charge in [0.05, 0.1) is 5.56 Å². The lowest BCUT2D eigenvalue weighted by Crippen LogP contribution is -1.96.